The molecule has 0 radical (unpaired) electrons. The van der Waals surface area contributed by atoms with Crippen LogP contribution in [0.4, 0.5) is 0 Å². The molecule has 1 fully saturated rings. The quantitative estimate of drug-likeness (QED) is 0.337. The molecule has 4 rings (SSSR count). The molecule has 3 atom stereocenters. The Morgan fingerprint density at radius 3 is 2.68 bits per heavy atom. The monoisotopic (exact) mass is 565 g/mol. The lowest BCUT2D eigenvalue weighted by molar-refractivity contribution is -0.131. The normalized spacial score (nSPS) is 18.9. The van der Waals surface area contributed by atoms with Crippen molar-refractivity contribution >= 4 is 50.4 Å². The first-order valence-electron chi connectivity index (χ1n) is 11.4. The largest absolute Gasteiger partial charge is 0.368 e. The fraction of sp³-hybridized carbons (Fsp3) is 0.409. The smallest absolute Gasteiger partial charge is 0.274 e. The van der Waals surface area contributed by atoms with E-state index in [0.29, 0.717) is 5.01 Å². The highest BCUT2D eigenvalue weighted by Gasteiger charge is 2.40. The molecule has 15 heteroatoms. The Morgan fingerprint density at radius 1 is 1.30 bits per heavy atom. The van der Waals surface area contributed by atoms with Gasteiger partial charge in [0.15, 0.2) is 5.03 Å². The molecule has 0 unspecified atom stereocenters. The number of nitrogens with zero attached hydrogens (tertiary/aromatic N) is 4. The Hall–Kier alpha value is -3.14. The second-order valence-corrected chi connectivity index (χ2v) is 12.5. The van der Waals surface area contributed by atoms with Crippen molar-refractivity contribution in [1.29, 1.82) is 0 Å². The van der Waals surface area contributed by atoms with Crippen LogP contribution in [0.25, 0.3) is 0 Å². The van der Waals surface area contributed by atoms with Gasteiger partial charge in [-0.3, -0.25) is 14.4 Å². The number of thiophene rings is 1. The molecule has 0 aliphatic carbocycles. The van der Waals surface area contributed by atoms with Crippen LogP contribution >= 0.6 is 22.7 Å². The van der Waals surface area contributed by atoms with E-state index < -0.39 is 45.9 Å². The van der Waals surface area contributed by atoms with E-state index in [1.165, 1.54) is 44.7 Å². The molecule has 1 aliphatic rings. The fourth-order valence-electron chi connectivity index (χ4n) is 4.10. The van der Waals surface area contributed by atoms with Crippen molar-refractivity contribution in [3.05, 3.63) is 51.0 Å². The average Bonchev–Trinajstić information content (AvgIpc) is 3.60. The molecule has 0 saturated carbocycles. The summed E-state index contributed by atoms with van der Waals surface area (Å²) in [4.78, 5) is 49.2. The molecule has 0 spiro atoms. The number of primary amides is 1. The summed E-state index contributed by atoms with van der Waals surface area (Å²) < 4.78 is 29.8. The summed E-state index contributed by atoms with van der Waals surface area (Å²) in [6.07, 6.45) is 3.23. The number of carbonyl (C=O) groups excluding carboxylic acids is 3. The van der Waals surface area contributed by atoms with Crippen molar-refractivity contribution in [2.45, 2.75) is 49.3 Å². The Labute approximate surface area is 222 Å². The molecule has 1 aliphatic heterocycles. The van der Waals surface area contributed by atoms with E-state index in [9.17, 15) is 22.8 Å². The molecule has 0 aromatic carbocycles. The van der Waals surface area contributed by atoms with Crippen LogP contribution in [0.3, 0.4) is 0 Å². The summed E-state index contributed by atoms with van der Waals surface area (Å²) in [6.45, 7) is 1.88. The highest BCUT2D eigenvalue weighted by atomic mass is 32.2. The van der Waals surface area contributed by atoms with Crippen LogP contribution in [0, 0.1) is 6.92 Å². The number of rotatable bonds is 9. The number of piperidine rings is 1. The molecule has 37 heavy (non-hydrogen) atoms. The van der Waals surface area contributed by atoms with Crippen molar-refractivity contribution in [2.24, 2.45) is 12.8 Å². The highest BCUT2D eigenvalue weighted by molar-refractivity contribution is 7.89. The van der Waals surface area contributed by atoms with Crippen molar-refractivity contribution in [2.75, 3.05) is 6.54 Å². The van der Waals surface area contributed by atoms with E-state index in [1.54, 1.807) is 19.4 Å². The molecule has 3 aromatic rings. The SMILES string of the molecule is Cc1nc(C(=O)N2CC[C@H](NS(=O)(=O)c3cn(C)cn3)C[C@H]2C(=O)N[C@@H](Cc2cccs2)C(N)=O)cs1. The van der Waals surface area contributed by atoms with Crippen molar-refractivity contribution in [3.8, 4) is 0 Å². The van der Waals surface area contributed by atoms with E-state index in [-0.39, 0.29) is 36.5 Å². The van der Waals surface area contributed by atoms with Gasteiger partial charge in [0.25, 0.3) is 15.9 Å². The fourth-order valence-corrected chi connectivity index (χ4v) is 6.70. The first kappa shape index (κ1) is 26.9. The number of aryl methyl sites for hydroxylation is 2. The number of carbonyl (C=O) groups is 3. The topological polar surface area (TPSA) is 169 Å². The summed E-state index contributed by atoms with van der Waals surface area (Å²) in [6, 6.07) is 0.972. The van der Waals surface area contributed by atoms with Gasteiger partial charge in [-0.1, -0.05) is 6.07 Å². The molecule has 12 nitrogen and oxygen atoms in total. The lowest BCUT2D eigenvalue weighted by atomic mass is 9.96. The van der Waals surface area contributed by atoms with Gasteiger partial charge in [-0.2, -0.15) is 0 Å². The van der Waals surface area contributed by atoms with Gasteiger partial charge in [-0.15, -0.1) is 22.7 Å². The zero-order chi connectivity index (χ0) is 26.7. The number of thiazole rings is 1. The maximum Gasteiger partial charge on any atom is 0.274 e. The van der Waals surface area contributed by atoms with E-state index in [0.717, 1.165) is 4.88 Å². The molecular weight excluding hydrogens is 538 g/mol. The molecule has 4 heterocycles. The van der Waals surface area contributed by atoms with Gasteiger partial charge in [0.2, 0.25) is 11.8 Å². The van der Waals surface area contributed by atoms with Gasteiger partial charge in [0.1, 0.15) is 17.8 Å². The number of aromatic nitrogens is 3. The Morgan fingerprint density at radius 2 is 2.08 bits per heavy atom. The summed E-state index contributed by atoms with van der Waals surface area (Å²) >= 11 is 2.74. The summed E-state index contributed by atoms with van der Waals surface area (Å²) in [5, 5.41) is 6.70. The molecule has 0 bridgehead atoms. The average molecular weight is 566 g/mol. The summed E-state index contributed by atoms with van der Waals surface area (Å²) in [5.74, 6) is -1.75. The number of nitrogens with two attached hydrogens (primary N) is 1. The van der Waals surface area contributed by atoms with Gasteiger partial charge in [-0.25, -0.2) is 23.1 Å². The maximum atomic E-state index is 13.5. The predicted molar refractivity (Wildman–Crippen MR) is 137 cm³/mol. The van der Waals surface area contributed by atoms with Crippen molar-refractivity contribution in [1.82, 2.24) is 29.5 Å². The van der Waals surface area contributed by atoms with Crippen LogP contribution in [0.15, 0.2) is 40.4 Å². The first-order valence-corrected chi connectivity index (χ1v) is 14.6. The minimum Gasteiger partial charge on any atom is -0.368 e. The Kier molecular flexibility index (Phi) is 8.06. The van der Waals surface area contributed by atoms with Crippen molar-refractivity contribution < 1.29 is 22.8 Å². The lowest BCUT2D eigenvalue weighted by Crippen LogP contribution is -2.59. The summed E-state index contributed by atoms with van der Waals surface area (Å²) in [7, 11) is -2.29. The molecule has 3 amide bonds. The third-order valence-electron chi connectivity index (χ3n) is 5.93. The Bertz CT molecular complexity index is 1380. The lowest BCUT2D eigenvalue weighted by Gasteiger charge is -2.38. The maximum absolute atomic E-state index is 13.5. The number of nitrogens with one attached hydrogen (secondary N) is 2. The van der Waals surface area contributed by atoms with Gasteiger partial charge >= 0.3 is 0 Å². The van der Waals surface area contributed by atoms with Crippen LogP contribution in [-0.4, -0.2) is 70.2 Å². The first-order chi connectivity index (χ1) is 17.5. The third kappa shape index (κ3) is 6.41. The summed E-state index contributed by atoms with van der Waals surface area (Å²) in [5.41, 5.74) is 5.76. The van der Waals surface area contributed by atoms with E-state index in [2.05, 4.69) is 20.0 Å². The Balaban J connectivity index is 1.55. The standard InChI is InChI=1S/C22H27N7O5S3/c1-13-25-17(11-36-13)22(32)29-6-5-14(27-37(33,34)19-10-28(2)12-24-19)8-18(29)21(31)26-16(20(23)30)9-15-4-3-7-35-15/h3-4,7,10-12,14,16,18,27H,5-6,8-9H2,1-2H3,(H2,23,30)(H,26,31)/t14-,16-,18-/m0/s1. The number of likely N-dealkylation sites (tertiary alicyclic amines) is 1. The zero-order valence-corrected chi connectivity index (χ0v) is 22.6. The van der Waals surface area contributed by atoms with Gasteiger partial charge in [0, 0.05) is 42.5 Å². The van der Waals surface area contributed by atoms with Gasteiger partial charge < -0.3 is 20.5 Å². The van der Waals surface area contributed by atoms with Gasteiger partial charge in [-0.05, 0) is 31.2 Å². The van der Waals surface area contributed by atoms with Crippen LogP contribution in [0.2, 0.25) is 0 Å². The van der Waals surface area contributed by atoms with Crippen molar-refractivity contribution in [3.63, 3.8) is 0 Å². The molecule has 3 aromatic heterocycles. The van der Waals surface area contributed by atoms with E-state index >= 15 is 0 Å². The molecule has 4 N–H and O–H groups in total. The number of amides is 3. The molecule has 1 saturated heterocycles. The number of imidazole rings is 1. The second-order valence-electron chi connectivity index (χ2n) is 8.73. The van der Waals surface area contributed by atoms with E-state index in [4.69, 9.17) is 5.73 Å². The third-order valence-corrected chi connectivity index (χ3v) is 9.01. The highest BCUT2D eigenvalue weighted by Crippen LogP contribution is 2.23. The van der Waals surface area contributed by atoms with Crippen LogP contribution in [-0.2, 0) is 33.1 Å². The van der Waals surface area contributed by atoms with Crippen LogP contribution in [0.5, 0.6) is 0 Å². The number of sulfonamides is 1. The molecular formula is C22H27N7O5S3. The van der Waals surface area contributed by atoms with Crippen LogP contribution in [0.1, 0.15) is 33.2 Å². The van der Waals surface area contributed by atoms with Crippen LogP contribution < -0.4 is 15.8 Å². The molecule has 198 valence electrons. The predicted octanol–water partition coefficient (Wildman–Crippen LogP) is 0.411. The second kappa shape index (κ2) is 11.1. The number of hydrogen-bond acceptors (Lipinski definition) is 9. The zero-order valence-electron chi connectivity index (χ0n) is 20.2. The minimum atomic E-state index is -3.95. The van der Waals surface area contributed by atoms with E-state index in [1.807, 2.05) is 17.5 Å². The number of hydrogen-bond donors (Lipinski definition) is 3. The van der Waals surface area contributed by atoms with Gasteiger partial charge in [0.05, 0.1) is 11.3 Å². The minimum absolute atomic E-state index is 0.00274.